The van der Waals surface area contributed by atoms with Gasteiger partial charge in [0, 0.05) is 30.2 Å². The third kappa shape index (κ3) is 6.16. The van der Waals surface area contributed by atoms with E-state index in [1.54, 1.807) is 0 Å². The maximum atomic E-state index is 6.32. The van der Waals surface area contributed by atoms with Crippen molar-refractivity contribution >= 4 is 10.9 Å². The quantitative estimate of drug-likeness (QED) is 0.246. The van der Waals surface area contributed by atoms with Crippen molar-refractivity contribution in [3.8, 4) is 17.2 Å². The van der Waals surface area contributed by atoms with Gasteiger partial charge in [0.1, 0.15) is 30.5 Å². The molecule has 1 aliphatic rings. The fraction of sp³-hybridized carbons (Fsp3) is 0.323. The van der Waals surface area contributed by atoms with Gasteiger partial charge < -0.3 is 18.9 Å². The number of hydrogen-bond acceptors (Lipinski definition) is 5. The van der Waals surface area contributed by atoms with Crippen molar-refractivity contribution in [3.63, 3.8) is 0 Å². The zero-order valence-electron chi connectivity index (χ0n) is 20.8. The Morgan fingerprint density at radius 3 is 2.39 bits per heavy atom. The van der Waals surface area contributed by atoms with Crippen LogP contribution in [-0.2, 0) is 18.0 Å². The normalized spacial score (nSPS) is 14.0. The lowest BCUT2D eigenvalue weighted by Gasteiger charge is -2.21. The topological polar surface area (TPSA) is 49.8 Å². The molecule has 5 heteroatoms. The van der Waals surface area contributed by atoms with Gasteiger partial charge >= 0.3 is 0 Å². The van der Waals surface area contributed by atoms with Crippen LogP contribution in [0.25, 0.3) is 10.9 Å². The van der Waals surface area contributed by atoms with E-state index in [0.29, 0.717) is 25.7 Å². The molecule has 186 valence electrons. The van der Waals surface area contributed by atoms with Crippen LogP contribution >= 0.6 is 0 Å². The molecule has 2 heterocycles. The second kappa shape index (κ2) is 11.9. The predicted molar refractivity (Wildman–Crippen MR) is 142 cm³/mol. The number of para-hydroxylation sites is 1. The lowest BCUT2D eigenvalue weighted by Crippen LogP contribution is -2.17. The minimum Gasteiger partial charge on any atom is -0.493 e. The van der Waals surface area contributed by atoms with Crippen molar-refractivity contribution in [2.24, 2.45) is 5.92 Å². The minimum absolute atomic E-state index is 0.351. The molecular weight excluding hydrogens is 450 g/mol. The van der Waals surface area contributed by atoms with Crippen molar-refractivity contribution in [3.05, 3.63) is 95.7 Å². The molecule has 0 N–H and O–H groups in total. The first kappa shape index (κ1) is 24.1. The van der Waals surface area contributed by atoms with Crippen LogP contribution in [0.4, 0.5) is 0 Å². The SMILES string of the molecule is Cc1c(COc2cccc(OCCC3CCOCC3)c2)nc2ccccc2c1OCc1ccccc1. The Kier molecular flexibility index (Phi) is 7.99. The summed E-state index contributed by atoms with van der Waals surface area (Å²) in [7, 11) is 0. The predicted octanol–water partition coefficient (Wildman–Crippen LogP) is 6.90. The molecule has 0 aliphatic carbocycles. The monoisotopic (exact) mass is 483 g/mol. The van der Waals surface area contributed by atoms with E-state index >= 15 is 0 Å². The van der Waals surface area contributed by atoms with Crippen LogP contribution in [0.5, 0.6) is 17.2 Å². The van der Waals surface area contributed by atoms with Crippen molar-refractivity contribution in [1.82, 2.24) is 4.98 Å². The van der Waals surface area contributed by atoms with E-state index in [0.717, 1.165) is 77.4 Å². The summed E-state index contributed by atoms with van der Waals surface area (Å²) >= 11 is 0. The highest BCUT2D eigenvalue weighted by Gasteiger charge is 2.15. The van der Waals surface area contributed by atoms with Gasteiger partial charge in [-0.15, -0.1) is 0 Å². The maximum Gasteiger partial charge on any atom is 0.134 e. The number of rotatable bonds is 10. The molecule has 1 saturated heterocycles. The Hall–Kier alpha value is -3.57. The average Bonchev–Trinajstić information content (AvgIpc) is 2.93. The first-order valence-electron chi connectivity index (χ1n) is 12.7. The Balaban J connectivity index is 1.26. The Labute approximate surface area is 213 Å². The molecule has 0 bridgehead atoms. The lowest BCUT2D eigenvalue weighted by molar-refractivity contribution is 0.0593. The summed E-state index contributed by atoms with van der Waals surface area (Å²) in [5.74, 6) is 3.14. The first-order valence-corrected chi connectivity index (χ1v) is 12.7. The van der Waals surface area contributed by atoms with Gasteiger partial charge in [-0.25, -0.2) is 4.98 Å². The molecule has 4 aromatic rings. The molecule has 3 aromatic carbocycles. The van der Waals surface area contributed by atoms with Crippen molar-refractivity contribution in [2.75, 3.05) is 19.8 Å². The second-order valence-corrected chi connectivity index (χ2v) is 9.26. The van der Waals surface area contributed by atoms with Gasteiger partial charge in [-0.1, -0.05) is 48.5 Å². The maximum absolute atomic E-state index is 6.32. The van der Waals surface area contributed by atoms with Crippen molar-refractivity contribution < 1.29 is 18.9 Å². The summed E-state index contributed by atoms with van der Waals surface area (Å²) in [5, 5.41) is 1.01. The molecule has 5 nitrogen and oxygen atoms in total. The molecule has 0 spiro atoms. The number of ether oxygens (including phenoxy) is 4. The fourth-order valence-electron chi connectivity index (χ4n) is 4.57. The molecule has 0 amide bonds. The highest BCUT2D eigenvalue weighted by molar-refractivity contribution is 5.86. The number of nitrogens with zero attached hydrogens (tertiary/aromatic N) is 1. The van der Waals surface area contributed by atoms with Gasteiger partial charge in [0.15, 0.2) is 0 Å². The van der Waals surface area contributed by atoms with Crippen molar-refractivity contribution in [2.45, 2.75) is 39.4 Å². The number of pyridine rings is 1. The molecule has 0 radical (unpaired) electrons. The number of aromatic nitrogens is 1. The third-order valence-corrected chi connectivity index (χ3v) is 6.72. The molecule has 1 fully saturated rings. The van der Waals surface area contributed by atoms with Gasteiger partial charge in [-0.2, -0.15) is 0 Å². The summed E-state index contributed by atoms with van der Waals surface area (Å²) in [6.45, 7) is 5.35. The van der Waals surface area contributed by atoms with E-state index in [4.69, 9.17) is 23.9 Å². The smallest absolute Gasteiger partial charge is 0.134 e. The van der Waals surface area contributed by atoms with E-state index in [1.807, 2.05) is 67.6 Å². The molecule has 0 atom stereocenters. The molecule has 1 aromatic heterocycles. The van der Waals surface area contributed by atoms with Gasteiger partial charge in [-0.3, -0.25) is 0 Å². The van der Waals surface area contributed by atoms with E-state index in [-0.39, 0.29) is 0 Å². The molecule has 0 saturated carbocycles. The second-order valence-electron chi connectivity index (χ2n) is 9.26. The Bertz CT molecular complexity index is 1270. The zero-order chi connectivity index (χ0) is 24.6. The van der Waals surface area contributed by atoms with Gasteiger partial charge in [0.25, 0.3) is 0 Å². The fourth-order valence-corrected chi connectivity index (χ4v) is 4.57. The first-order chi connectivity index (χ1) is 17.8. The highest BCUT2D eigenvalue weighted by Crippen LogP contribution is 2.32. The molecule has 36 heavy (non-hydrogen) atoms. The van der Waals surface area contributed by atoms with Crippen LogP contribution in [0, 0.1) is 12.8 Å². The van der Waals surface area contributed by atoms with Gasteiger partial charge in [0.05, 0.1) is 17.8 Å². The molecule has 0 unspecified atom stereocenters. The summed E-state index contributed by atoms with van der Waals surface area (Å²) in [5.41, 5.74) is 3.88. The standard InChI is InChI=1S/C31H33NO4/c1-23-30(22-35-27-11-7-10-26(20-27)34-19-16-24-14-17-33-18-15-24)32-29-13-6-5-12-28(29)31(23)36-21-25-8-3-2-4-9-25/h2-13,20,24H,14-19,21-22H2,1H3. The van der Waals surface area contributed by atoms with E-state index in [2.05, 4.69) is 18.2 Å². The van der Waals surface area contributed by atoms with Crippen LogP contribution in [-0.4, -0.2) is 24.8 Å². The number of benzene rings is 3. The van der Waals surface area contributed by atoms with Crippen LogP contribution in [0.15, 0.2) is 78.9 Å². The molecule has 5 rings (SSSR count). The summed E-state index contributed by atoms with van der Waals surface area (Å²) in [4.78, 5) is 4.88. The Morgan fingerprint density at radius 2 is 1.56 bits per heavy atom. The highest BCUT2D eigenvalue weighted by atomic mass is 16.5. The van der Waals surface area contributed by atoms with E-state index in [1.165, 1.54) is 0 Å². The minimum atomic E-state index is 0.351. The summed E-state index contributed by atoms with van der Waals surface area (Å²) in [6, 6.07) is 26.1. The summed E-state index contributed by atoms with van der Waals surface area (Å²) < 4.78 is 23.9. The number of hydrogen-bond donors (Lipinski definition) is 0. The van der Waals surface area contributed by atoms with Crippen molar-refractivity contribution in [1.29, 1.82) is 0 Å². The summed E-state index contributed by atoms with van der Waals surface area (Å²) in [6.07, 6.45) is 3.31. The van der Waals surface area contributed by atoms with Gasteiger partial charge in [0.2, 0.25) is 0 Å². The van der Waals surface area contributed by atoms with Crippen LogP contribution < -0.4 is 14.2 Å². The van der Waals surface area contributed by atoms with Crippen LogP contribution in [0.2, 0.25) is 0 Å². The van der Waals surface area contributed by atoms with E-state index < -0.39 is 0 Å². The largest absolute Gasteiger partial charge is 0.493 e. The Morgan fingerprint density at radius 1 is 0.806 bits per heavy atom. The zero-order valence-corrected chi connectivity index (χ0v) is 20.8. The molecule has 1 aliphatic heterocycles. The van der Waals surface area contributed by atoms with Gasteiger partial charge in [-0.05, 0) is 61.9 Å². The van der Waals surface area contributed by atoms with E-state index in [9.17, 15) is 0 Å². The number of fused-ring (bicyclic) bond motifs is 1. The lowest BCUT2D eigenvalue weighted by atomic mass is 9.97. The van der Waals surface area contributed by atoms with Crippen LogP contribution in [0.1, 0.15) is 36.1 Å². The average molecular weight is 484 g/mol. The molecular formula is C31H33NO4. The van der Waals surface area contributed by atoms with Crippen LogP contribution in [0.3, 0.4) is 0 Å². The third-order valence-electron chi connectivity index (χ3n) is 6.72.